The molecule has 1 fully saturated rings. The third kappa shape index (κ3) is 4.62. The van der Waals surface area contributed by atoms with E-state index >= 15 is 0 Å². The van der Waals surface area contributed by atoms with Gasteiger partial charge in [0.15, 0.2) is 0 Å². The molecule has 3 nitrogen and oxygen atoms in total. The van der Waals surface area contributed by atoms with Crippen LogP contribution >= 0.6 is 0 Å². The van der Waals surface area contributed by atoms with E-state index in [2.05, 4.69) is 16.9 Å². The smallest absolute Gasteiger partial charge is 0.208 e. The summed E-state index contributed by atoms with van der Waals surface area (Å²) >= 11 is 0. The van der Waals surface area contributed by atoms with Crippen LogP contribution in [0.15, 0.2) is 30.3 Å². The molecule has 0 radical (unpaired) electrons. The van der Waals surface area contributed by atoms with Gasteiger partial charge in [-0.15, -0.1) is 0 Å². The highest BCUT2D eigenvalue weighted by Gasteiger charge is 2.25. The second-order valence-electron chi connectivity index (χ2n) is 5.54. The van der Waals surface area contributed by atoms with Crippen LogP contribution in [0.4, 0.5) is 0 Å². The maximum atomic E-state index is 11.3. The van der Waals surface area contributed by atoms with E-state index in [1.807, 2.05) is 18.2 Å². The van der Waals surface area contributed by atoms with Crippen molar-refractivity contribution < 1.29 is 8.42 Å². The molecule has 0 aromatic heterocycles. The van der Waals surface area contributed by atoms with Crippen molar-refractivity contribution in [1.29, 1.82) is 0 Å². The quantitative estimate of drug-likeness (QED) is 0.902. The predicted molar refractivity (Wildman–Crippen MR) is 78.6 cm³/mol. The molecule has 1 N–H and O–H groups in total. The molecule has 1 aromatic rings. The Labute approximate surface area is 116 Å². The van der Waals surface area contributed by atoms with Gasteiger partial charge in [-0.3, -0.25) is 0 Å². The summed E-state index contributed by atoms with van der Waals surface area (Å²) in [6.45, 7) is 0.521. The molecule has 4 heteroatoms. The molecule has 1 aliphatic carbocycles. The minimum Gasteiger partial charge on any atom is -0.215 e. The van der Waals surface area contributed by atoms with E-state index in [0.29, 0.717) is 18.4 Å². The molecule has 0 bridgehead atoms. The van der Waals surface area contributed by atoms with Gasteiger partial charge in [0.1, 0.15) is 0 Å². The lowest BCUT2D eigenvalue weighted by molar-refractivity contribution is 0.303. The molecule has 2 rings (SSSR count). The Bertz CT molecular complexity index is 478. The highest BCUT2D eigenvalue weighted by Crippen LogP contribution is 2.35. The van der Waals surface area contributed by atoms with Gasteiger partial charge in [-0.2, -0.15) is 0 Å². The van der Waals surface area contributed by atoms with Gasteiger partial charge in [0.05, 0.1) is 6.26 Å². The van der Waals surface area contributed by atoms with Crippen molar-refractivity contribution in [2.45, 2.75) is 38.0 Å². The first-order chi connectivity index (χ1) is 9.06. The van der Waals surface area contributed by atoms with Crippen LogP contribution in [0.25, 0.3) is 0 Å². The fourth-order valence-corrected chi connectivity index (χ4v) is 3.52. The summed E-state index contributed by atoms with van der Waals surface area (Å²) in [5, 5.41) is 0. The lowest BCUT2D eigenvalue weighted by Gasteiger charge is -2.30. The minimum atomic E-state index is -3.12. The topological polar surface area (TPSA) is 46.2 Å². The van der Waals surface area contributed by atoms with Crippen molar-refractivity contribution in [1.82, 2.24) is 4.72 Å². The number of benzene rings is 1. The van der Waals surface area contributed by atoms with Crippen LogP contribution in [0, 0.1) is 5.92 Å². The molecule has 0 aliphatic heterocycles. The third-order valence-corrected chi connectivity index (χ3v) is 4.70. The molecule has 0 saturated heterocycles. The summed E-state index contributed by atoms with van der Waals surface area (Å²) in [5.74, 6) is 0.904. The molecule has 0 heterocycles. The van der Waals surface area contributed by atoms with E-state index in [1.165, 1.54) is 43.9 Å². The fourth-order valence-electron chi connectivity index (χ4n) is 3.03. The second-order valence-corrected chi connectivity index (χ2v) is 7.37. The summed E-state index contributed by atoms with van der Waals surface area (Å²) in [6.07, 6.45) is 7.52. The van der Waals surface area contributed by atoms with Crippen molar-refractivity contribution in [3.8, 4) is 0 Å². The summed E-state index contributed by atoms with van der Waals surface area (Å²) in [4.78, 5) is 0. The van der Waals surface area contributed by atoms with E-state index in [0.717, 1.165) is 0 Å². The molecule has 19 heavy (non-hydrogen) atoms. The summed E-state index contributed by atoms with van der Waals surface area (Å²) in [6, 6.07) is 10.3. The number of nitrogens with one attached hydrogen (secondary N) is 1. The lowest BCUT2D eigenvalue weighted by atomic mass is 9.77. The van der Waals surface area contributed by atoms with Gasteiger partial charge in [0.25, 0.3) is 0 Å². The Balaban J connectivity index is 2.12. The number of rotatable bonds is 5. The average Bonchev–Trinajstić information content (AvgIpc) is 2.40. The van der Waals surface area contributed by atoms with E-state index < -0.39 is 10.0 Å². The summed E-state index contributed by atoms with van der Waals surface area (Å²) in [7, 11) is -3.12. The standard InChI is InChI=1S/C15H23NO2S/c1-19(17,18)16-12-15(13-8-4-2-5-9-13)14-10-6-3-7-11-14/h2,4-5,8-9,14-16H,3,6-7,10-12H2,1H3/t15-/m1/s1. The molecule has 1 aromatic carbocycles. The van der Waals surface area contributed by atoms with Crippen LogP contribution in [0.3, 0.4) is 0 Å². The molecule has 106 valence electrons. The molecule has 1 saturated carbocycles. The summed E-state index contributed by atoms with van der Waals surface area (Å²) < 4.78 is 25.4. The minimum absolute atomic E-state index is 0.302. The number of sulfonamides is 1. The Kier molecular flexibility index (Phi) is 4.99. The Morgan fingerprint density at radius 3 is 2.37 bits per heavy atom. The zero-order valence-corrected chi connectivity index (χ0v) is 12.3. The van der Waals surface area contributed by atoms with Gasteiger partial charge in [-0.25, -0.2) is 13.1 Å². The fraction of sp³-hybridized carbons (Fsp3) is 0.600. The molecular weight excluding hydrogens is 258 g/mol. The molecule has 1 aliphatic rings. The van der Waals surface area contributed by atoms with E-state index in [9.17, 15) is 8.42 Å². The van der Waals surface area contributed by atoms with Gasteiger partial charge in [0.2, 0.25) is 10.0 Å². The molecule has 0 amide bonds. The summed E-state index contributed by atoms with van der Waals surface area (Å²) in [5.41, 5.74) is 1.26. The highest BCUT2D eigenvalue weighted by atomic mass is 32.2. The van der Waals surface area contributed by atoms with Crippen molar-refractivity contribution in [3.63, 3.8) is 0 Å². The van der Waals surface area contributed by atoms with E-state index in [1.54, 1.807) is 0 Å². The molecular formula is C15H23NO2S. The maximum Gasteiger partial charge on any atom is 0.208 e. The Morgan fingerprint density at radius 1 is 1.16 bits per heavy atom. The SMILES string of the molecule is CS(=O)(=O)NC[C@H](c1ccccc1)C1CCCCC1. The van der Waals surface area contributed by atoms with E-state index in [-0.39, 0.29) is 0 Å². The second kappa shape index (κ2) is 6.53. The van der Waals surface area contributed by atoms with Crippen LogP contribution < -0.4 is 4.72 Å². The molecule has 1 atom stereocenters. The van der Waals surface area contributed by atoms with Gasteiger partial charge in [-0.1, -0.05) is 49.6 Å². The largest absolute Gasteiger partial charge is 0.215 e. The zero-order chi connectivity index (χ0) is 13.7. The number of hydrogen-bond acceptors (Lipinski definition) is 2. The zero-order valence-electron chi connectivity index (χ0n) is 11.5. The van der Waals surface area contributed by atoms with Gasteiger partial charge in [-0.05, 0) is 24.3 Å². The van der Waals surface area contributed by atoms with Crippen molar-refractivity contribution in [2.75, 3.05) is 12.8 Å². The maximum absolute atomic E-state index is 11.3. The Morgan fingerprint density at radius 2 is 1.79 bits per heavy atom. The molecule has 0 unspecified atom stereocenters. The first-order valence-corrected chi connectivity index (χ1v) is 8.95. The highest BCUT2D eigenvalue weighted by molar-refractivity contribution is 7.88. The Hall–Kier alpha value is -0.870. The van der Waals surface area contributed by atoms with Gasteiger partial charge >= 0.3 is 0 Å². The van der Waals surface area contributed by atoms with Crippen LogP contribution in [-0.4, -0.2) is 21.2 Å². The lowest BCUT2D eigenvalue weighted by Crippen LogP contribution is -2.31. The normalized spacial score (nSPS) is 19.2. The predicted octanol–water partition coefficient (Wildman–Crippen LogP) is 2.90. The van der Waals surface area contributed by atoms with Crippen LogP contribution in [0.2, 0.25) is 0 Å². The molecule has 0 spiro atoms. The van der Waals surface area contributed by atoms with Gasteiger partial charge < -0.3 is 0 Å². The monoisotopic (exact) mass is 281 g/mol. The van der Waals surface area contributed by atoms with Crippen LogP contribution in [-0.2, 0) is 10.0 Å². The van der Waals surface area contributed by atoms with Crippen molar-refractivity contribution >= 4 is 10.0 Å². The van der Waals surface area contributed by atoms with Crippen molar-refractivity contribution in [2.24, 2.45) is 5.92 Å². The van der Waals surface area contributed by atoms with E-state index in [4.69, 9.17) is 0 Å². The first kappa shape index (κ1) is 14.5. The number of hydrogen-bond donors (Lipinski definition) is 1. The average molecular weight is 281 g/mol. The van der Waals surface area contributed by atoms with Gasteiger partial charge in [0, 0.05) is 12.5 Å². The first-order valence-electron chi connectivity index (χ1n) is 7.06. The third-order valence-electron chi connectivity index (χ3n) is 4.01. The van der Waals surface area contributed by atoms with Crippen LogP contribution in [0.1, 0.15) is 43.6 Å². The van der Waals surface area contributed by atoms with Crippen LogP contribution in [0.5, 0.6) is 0 Å². The van der Waals surface area contributed by atoms with Crippen molar-refractivity contribution in [3.05, 3.63) is 35.9 Å².